The topological polar surface area (TPSA) is 29.5 Å². The molecule has 2 aromatic carbocycles. The molecular weight excluding hydrogens is 328 g/mol. The zero-order valence-corrected chi connectivity index (χ0v) is 14.1. The van der Waals surface area contributed by atoms with Crippen LogP contribution < -0.4 is 4.74 Å². The third kappa shape index (κ3) is 4.58. The molecule has 0 saturated heterocycles. The molecule has 0 spiro atoms. The molecule has 0 aliphatic heterocycles. The van der Waals surface area contributed by atoms with Crippen LogP contribution in [-0.2, 0) is 6.42 Å². The van der Waals surface area contributed by atoms with Gasteiger partial charge in [0.05, 0.1) is 17.2 Å². The van der Waals surface area contributed by atoms with Gasteiger partial charge >= 0.3 is 0 Å². The van der Waals surface area contributed by atoms with Crippen LogP contribution in [0.2, 0.25) is 0 Å². The number of benzene rings is 2. The molecule has 112 valence electrons. The van der Waals surface area contributed by atoms with Crippen LogP contribution in [-0.4, -0.2) is 11.7 Å². The molecule has 1 N–H and O–H groups in total. The summed E-state index contributed by atoms with van der Waals surface area (Å²) in [5, 5.41) is 10.4. The number of halogens is 1. The SMILES string of the molecule is CCCOc1ccc(C(O)Cc2ccc(C)cc2)cc1Br. The number of hydrogen-bond acceptors (Lipinski definition) is 2. The van der Waals surface area contributed by atoms with Crippen molar-refractivity contribution >= 4 is 15.9 Å². The van der Waals surface area contributed by atoms with Crippen molar-refractivity contribution in [2.45, 2.75) is 32.8 Å². The zero-order valence-electron chi connectivity index (χ0n) is 12.5. The van der Waals surface area contributed by atoms with Crippen LogP contribution in [0.1, 0.15) is 36.1 Å². The molecule has 21 heavy (non-hydrogen) atoms. The highest BCUT2D eigenvalue weighted by molar-refractivity contribution is 9.10. The van der Waals surface area contributed by atoms with Crippen LogP contribution in [0.3, 0.4) is 0 Å². The summed E-state index contributed by atoms with van der Waals surface area (Å²) in [5.74, 6) is 0.822. The number of aryl methyl sites for hydroxylation is 1. The maximum absolute atomic E-state index is 10.4. The molecule has 0 fully saturated rings. The van der Waals surface area contributed by atoms with Gasteiger partial charge in [-0.1, -0.05) is 42.8 Å². The smallest absolute Gasteiger partial charge is 0.133 e. The lowest BCUT2D eigenvalue weighted by Crippen LogP contribution is -2.03. The van der Waals surface area contributed by atoms with Gasteiger partial charge in [-0.05, 0) is 52.5 Å². The highest BCUT2D eigenvalue weighted by atomic mass is 79.9. The van der Waals surface area contributed by atoms with Gasteiger partial charge in [0.15, 0.2) is 0 Å². The Morgan fingerprint density at radius 1 is 1.14 bits per heavy atom. The summed E-state index contributed by atoms with van der Waals surface area (Å²) in [7, 11) is 0. The first kappa shape index (κ1) is 16.1. The molecule has 2 rings (SSSR count). The fourth-order valence-electron chi connectivity index (χ4n) is 2.12. The molecule has 1 unspecified atom stereocenters. The standard InChI is InChI=1S/C18H21BrO2/c1-3-10-21-18-9-8-15(12-16(18)19)17(20)11-14-6-4-13(2)5-7-14/h4-9,12,17,20H,3,10-11H2,1-2H3. The predicted octanol–water partition coefficient (Wildman–Crippen LogP) is 4.82. The summed E-state index contributed by atoms with van der Waals surface area (Å²) in [6.07, 6.45) is 1.08. The Morgan fingerprint density at radius 2 is 1.86 bits per heavy atom. The second kappa shape index (κ2) is 7.62. The summed E-state index contributed by atoms with van der Waals surface area (Å²) in [6.45, 7) is 4.84. The molecule has 0 bridgehead atoms. The van der Waals surface area contributed by atoms with Crippen molar-refractivity contribution in [3.63, 3.8) is 0 Å². The lowest BCUT2D eigenvalue weighted by Gasteiger charge is -2.14. The van der Waals surface area contributed by atoms with E-state index in [1.165, 1.54) is 5.56 Å². The molecule has 0 amide bonds. The van der Waals surface area contributed by atoms with E-state index in [0.29, 0.717) is 13.0 Å². The lowest BCUT2D eigenvalue weighted by atomic mass is 10.0. The minimum atomic E-state index is -0.510. The molecule has 0 aromatic heterocycles. The van der Waals surface area contributed by atoms with E-state index < -0.39 is 6.10 Å². The maximum Gasteiger partial charge on any atom is 0.133 e. The predicted molar refractivity (Wildman–Crippen MR) is 89.8 cm³/mol. The summed E-state index contributed by atoms with van der Waals surface area (Å²) in [5.41, 5.74) is 3.26. The Hall–Kier alpha value is -1.32. The molecule has 0 radical (unpaired) electrons. The van der Waals surface area contributed by atoms with Gasteiger partial charge in [0.2, 0.25) is 0 Å². The van der Waals surface area contributed by atoms with E-state index in [0.717, 1.165) is 27.8 Å². The van der Waals surface area contributed by atoms with Gasteiger partial charge in [-0.3, -0.25) is 0 Å². The molecule has 1 atom stereocenters. The first-order chi connectivity index (χ1) is 10.1. The highest BCUT2D eigenvalue weighted by Gasteiger charge is 2.11. The number of ether oxygens (including phenoxy) is 1. The average Bonchev–Trinajstić information content (AvgIpc) is 2.48. The van der Waals surface area contributed by atoms with E-state index in [1.54, 1.807) is 0 Å². The second-order valence-corrected chi connectivity index (χ2v) is 6.10. The number of aliphatic hydroxyl groups is 1. The molecule has 0 aliphatic rings. The largest absolute Gasteiger partial charge is 0.492 e. The molecule has 3 heteroatoms. The molecule has 0 aliphatic carbocycles. The Labute approximate surface area is 134 Å². The third-order valence-corrected chi connectivity index (χ3v) is 3.97. The first-order valence-electron chi connectivity index (χ1n) is 7.26. The van der Waals surface area contributed by atoms with E-state index in [-0.39, 0.29) is 0 Å². The molecule has 2 nitrogen and oxygen atoms in total. The summed E-state index contributed by atoms with van der Waals surface area (Å²) in [4.78, 5) is 0. The van der Waals surface area contributed by atoms with E-state index in [2.05, 4.69) is 54.0 Å². The third-order valence-electron chi connectivity index (χ3n) is 3.35. The highest BCUT2D eigenvalue weighted by Crippen LogP contribution is 2.29. The van der Waals surface area contributed by atoms with Gasteiger partial charge in [0.1, 0.15) is 5.75 Å². The van der Waals surface area contributed by atoms with Gasteiger partial charge < -0.3 is 9.84 Å². The van der Waals surface area contributed by atoms with Gasteiger partial charge in [-0.15, -0.1) is 0 Å². The Bertz CT molecular complexity index is 578. The van der Waals surface area contributed by atoms with Crippen molar-refractivity contribution in [3.8, 4) is 5.75 Å². The second-order valence-electron chi connectivity index (χ2n) is 5.24. The lowest BCUT2D eigenvalue weighted by molar-refractivity contribution is 0.178. The van der Waals surface area contributed by atoms with E-state index in [4.69, 9.17) is 4.74 Å². The van der Waals surface area contributed by atoms with Crippen LogP contribution in [0.15, 0.2) is 46.9 Å². The fourth-order valence-corrected chi connectivity index (χ4v) is 2.63. The Balaban J connectivity index is 2.06. The quantitative estimate of drug-likeness (QED) is 0.810. The molecule has 0 saturated carbocycles. The van der Waals surface area contributed by atoms with Gasteiger partial charge in [-0.25, -0.2) is 0 Å². The van der Waals surface area contributed by atoms with Gasteiger partial charge in [0, 0.05) is 6.42 Å². The average molecular weight is 349 g/mol. The maximum atomic E-state index is 10.4. The molecule has 0 heterocycles. The molecular formula is C18H21BrO2. The van der Waals surface area contributed by atoms with Crippen LogP contribution in [0.25, 0.3) is 0 Å². The summed E-state index contributed by atoms with van der Waals surface area (Å²) in [6, 6.07) is 14.0. The summed E-state index contributed by atoms with van der Waals surface area (Å²) >= 11 is 3.50. The van der Waals surface area contributed by atoms with Crippen LogP contribution in [0.4, 0.5) is 0 Å². The Morgan fingerprint density at radius 3 is 2.48 bits per heavy atom. The van der Waals surface area contributed by atoms with Crippen molar-refractivity contribution in [1.82, 2.24) is 0 Å². The van der Waals surface area contributed by atoms with E-state index in [1.807, 2.05) is 18.2 Å². The molecule has 2 aromatic rings. The van der Waals surface area contributed by atoms with Crippen LogP contribution in [0, 0.1) is 6.92 Å². The zero-order chi connectivity index (χ0) is 15.2. The first-order valence-corrected chi connectivity index (χ1v) is 8.05. The van der Waals surface area contributed by atoms with Crippen LogP contribution >= 0.6 is 15.9 Å². The minimum absolute atomic E-state index is 0.510. The van der Waals surface area contributed by atoms with Crippen molar-refractivity contribution in [2.24, 2.45) is 0 Å². The number of rotatable bonds is 6. The van der Waals surface area contributed by atoms with Crippen molar-refractivity contribution in [1.29, 1.82) is 0 Å². The van der Waals surface area contributed by atoms with Crippen LogP contribution in [0.5, 0.6) is 5.75 Å². The van der Waals surface area contributed by atoms with Crippen molar-refractivity contribution < 1.29 is 9.84 Å². The van der Waals surface area contributed by atoms with E-state index >= 15 is 0 Å². The van der Waals surface area contributed by atoms with Crippen molar-refractivity contribution in [2.75, 3.05) is 6.61 Å². The van der Waals surface area contributed by atoms with Gasteiger partial charge in [0.25, 0.3) is 0 Å². The fraction of sp³-hybridized carbons (Fsp3) is 0.333. The number of aliphatic hydroxyl groups excluding tert-OH is 1. The monoisotopic (exact) mass is 348 g/mol. The van der Waals surface area contributed by atoms with Crippen molar-refractivity contribution in [3.05, 3.63) is 63.6 Å². The Kier molecular flexibility index (Phi) is 5.83. The number of hydrogen-bond donors (Lipinski definition) is 1. The minimum Gasteiger partial charge on any atom is -0.492 e. The summed E-state index contributed by atoms with van der Waals surface area (Å²) < 4.78 is 6.51. The van der Waals surface area contributed by atoms with E-state index in [9.17, 15) is 5.11 Å². The van der Waals surface area contributed by atoms with Gasteiger partial charge in [-0.2, -0.15) is 0 Å². The normalized spacial score (nSPS) is 12.2.